The van der Waals surface area contributed by atoms with Crippen molar-refractivity contribution in [3.05, 3.63) is 11.1 Å². The van der Waals surface area contributed by atoms with E-state index in [1.807, 2.05) is 6.92 Å². The monoisotopic (exact) mass is 239 g/mol. The van der Waals surface area contributed by atoms with Crippen molar-refractivity contribution in [2.24, 2.45) is 5.73 Å². The van der Waals surface area contributed by atoms with Crippen molar-refractivity contribution >= 4 is 22.4 Å². The number of carbonyl (C=O) groups is 1. The molecule has 1 fully saturated rings. The topological polar surface area (TPSA) is 68.0 Å². The predicted octanol–water partition coefficient (Wildman–Crippen LogP) is 2.05. The molecule has 5 heteroatoms. The minimum Gasteiger partial charge on any atom is -0.325 e. The molecule has 4 nitrogen and oxygen atoms in total. The lowest BCUT2D eigenvalue weighted by molar-refractivity contribution is -0.117. The lowest BCUT2D eigenvalue weighted by Gasteiger charge is -2.22. The van der Waals surface area contributed by atoms with Crippen molar-refractivity contribution in [2.45, 2.75) is 44.6 Å². The molecule has 0 atom stereocenters. The Morgan fingerprint density at radius 1 is 1.62 bits per heavy atom. The van der Waals surface area contributed by atoms with Crippen LogP contribution in [0.15, 0.2) is 6.20 Å². The molecular formula is C11H17N3OS. The normalized spacial score (nSPS) is 18.6. The summed E-state index contributed by atoms with van der Waals surface area (Å²) in [5, 5.41) is 3.47. The van der Waals surface area contributed by atoms with Crippen molar-refractivity contribution < 1.29 is 4.79 Å². The molecule has 16 heavy (non-hydrogen) atoms. The van der Waals surface area contributed by atoms with Crippen molar-refractivity contribution in [3.8, 4) is 0 Å². The summed E-state index contributed by atoms with van der Waals surface area (Å²) in [5.74, 6) is -0.0150. The van der Waals surface area contributed by atoms with E-state index in [1.54, 1.807) is 6.20 Å². The number of hydrogen-bond donors (Lipinski definition) is 2. The maximum Gasteiger partial charge on any atom is 0.228 e. The fourth-order valence-corrected chi connectivity index (χ4v) is 2.83. The maximum atomic E-state index is 11.8. The summed E-state index contributed by atoms with van der Waals surface area (Å²) in [4.78, 5) is 17.0. The second kappa shape index (κ2) is 4.51. The Morgan fingerprint density at radius 2 is 2.31 bits per heavy atom. The average molecular weight is 239 g/mol. The van der Waals surface area contributed by atoms with Crippen LogP contribution < -0.4 is 11.1 Å². The van der Waals surface area contributed by atoms with Crippen LogP contribution in [-0.4, -0.2) is 16.4 Å². The summed E-state index contributed by atoms with van der Waals surface area (Å²) in [6.07, 6.45) is 6.36. The molecule has 0 aliphatic heterocycles. The summed E-state index contributed by atoms with van der Waals surface area (Å²) in [5.41, 5.74) is 5.86. The van der Waals surface area contributed by atoms with Gasteiger partial charge in [-0.15, -0.1) is 11.3 Å². The van der Waals surface area contributed by atoms with Crippen LogP contribution in [0.25, 0.3) is 0 Å². The molecule has 1 aliphatic carbocycles. The van der Waals surface area contributed by atoms with Gasteiger partial charge in [0, 0.05) is 23.0 Å². The molecule has 1 aromatic rings. The lowest BCUT2D eigenvalue weighted by atomic mass is 9.94. The highest BCUT2D eigenvalue weighted by atomic mass is 32.1. The number of nitrogens with zero attached hydrogens (tertiary/aromatic N) is 1. The molecule has 3 N–H and O–H groups in total. The Morgan fingerprint density at radius 3 is 2.88 bits per heavy atom. The largest absolute Gasteiger partial charge is 0.325 e. The number of nitrogens with two attached hydrogens (primary N) is 1. The van der Waals surface area contributed by atoms with Gasteiger partial charge in [-0.1, -0.05) is 12.8 Å². The van der Waals surface area contributed by atoms with E-state index in [9.17, 15) is 4.79 Å². The molecule has 1 aromatic heterocycles. The highest BCUT2D eigenvalue weighted by molar-refractivity contribution is 7.15. The third-order valence-corrected chi connectivity index (χ3v) is 3.81. The highest BCUT2D eigenvalue weighted by Gasteiger charge is 2.31. The van der Waals surface area contributed by atoms with E-state index in [1.165, 1.54) is 11.3 Å². The number of anilines is 1. The summed E-state index contributed by atoms with van der Waals surface area (Å²) >= 11 is 1.49. The minimum atomic E-state index is -0.281. The van der Waals surface area contributed by atoms with Gasteiger partial charge < -0.3 is 11.1 Å². The predicted molar refractivity (Wildman–Crippen MR) is 65.5 cm³/mol. The molecule has 0 spiro atoms. The first kappa shape index (κ1) is 11.5. The van der Waals surface area contributed by atoms with Crippen molar-refractivity contribution in [2.75, 3.05) is 5.32 Å². The van der Waals surface area contributed by atoms with E-state index in [4.69, 9.17) is 5.73 Å². The highest BCUT2D eigenvalue weighted by Crippen LogP contribution is 2.30. The zero-order chi connectivity index (χ0) is 11.6. The molecule has 2 rings (SSSR count). The molecule has 0 aromatic carbocycles. The van der Waals surface area contributed by atoms with Gasteiger partial charge in [0.05, 0.1) is 0 Å². The Hall–Kier alpha value is -0.940. The van der Waals surface area contributed by atoms with Crippen LogP contribution in [-0.2, 0) is 4.79 Å². The quantitative estimate of drug-likeness (QED) is 0.848. The van der Waals surface area contributed by atoms with Gasteiger partial charge in [0.1, 0.15) is 0 Å². The Balaban J connectivity index is 1.89. The lowest BCUT2D eigenvalue weighted by Crippen LogP contribution is -2.40. The Bertz CT molecular complexity index is 382. The second-order valence-electron chi connectivity index (χ2n) is 4.57. The van der Waals surface area contributed by atoms with Gasteiger partial charge in [0.15, 0.2) is 5.13 Å². The van der Waals surface area contributed by atoms with Crippen LogP contribution in [0.1, 0.15) is 37.0 Å². The number of aromatic nitrogens is 1. The van der Waals surface area contributed by atoms with Gasteiger partial charge in [-0.2, -0.15) is 0 Å². The number of nitrogens with one attached hydrogen (secondary N) is 1. The summed E-state index contributed by atoms with van der Waals surface area (Å²) < 4.78 is 0. The molecule has 0 radical (unpaired) electrons. The number of thiazole rings is 1. The summed E-state index contributed by atoms with van der Waals surface area (Å²) in [7, 11) is 0. The molecular weight excluding hydrogens is 222 g/mol. The van der Waals surface area contributed by atoms with Crippen molar-refractivity contribution in [1.29, 1.82) is 0 Å². The SMILES string of the molecule is Cc1cnc(NC(=O)CC2(N)CCCC2)s1. The molecule has 1 heterocycles. The average Bonchev–Trinajstić information content (AvgIpc) is 2.75. The van der Waals surface area contributed by atoms with Crippen LogP contribution in [0, 0.1) is 6.92 Å². The summed E-state index contributed by atoms with van der Waals surface area (Å²) in [6, 6.07) is 0. The van der Waals surface area contributed by atoms with E-state index in [2.05, 4.69) is 10.3 Å². The van der Waals surface area contributed by atoms with Crippen molar-refractivity contribution in [3.63, 3.8) is 0 Å². The maximum absolute atomic E-state index is 11.8. The zero-order valence-corrected chi connectivity index (χ0v) is 10.3. The van der Waals surface area contributed by atoms with E-state index in [-0.39, 0.29) is 11.4 Å². The molecule has 0 unspecified atom stereocenters. The number of rotatable bonds is 3. The van der Waals surface area contributed by atoms with Gasteiger partial charge in [-0.25, -0.2) is 4.98 Å². The van der Waals surface area contributed by atoms with Gasteiger partial charge >= 0.3 is 0 Å². The fraction of sp³-hybridized carbons (Fsp3) is 0.636. The first-order chi connectivity index (χ1) is 7.57. The third kappa shape index (κ3) is 2.80. The zero-order valence-electron chi connectivity index (χ0n) is 9.45. The van der Waals surface area contributed by atoms with Crippen LogP contribution >= 0.6 is 11.3 Å². The smallest absolute Gasteiger partial charge is 0.228 e. The molecule has 0 saturated heterocycles. The van der Waals surface area contributed by atoms with E-state index in [0.717, 1.165) is 30.6 Å². The van der Waals surface area contributed by atoms with Gasteiger partial charge in [0.2, 0.25) is 5.91 Å². The minimum absolute atomic E-state index is 0.0150. The number of aryl methyl sites for hydroxylation is 1. The van der Waals surface area contributed by atoms with Gasteiger partial charge in [-0.3, -0.25) is 4.79 Å². The number of hydrogen-bond acceptors (Lipinski definition) is 4. The summed E-state index contributed by atoms with van der Waals surface area (Å²) in [6.45, 7) is 1.97. The van der Waals surface area contributed by atoms with Crippen LogP contribution in [0.3, 0.4) is 0 Å². The van der Waals surface area contributed by atoms with Gasteiger partial charge in [0.25, 0.3) is 0 Å². The standard InChI is InChI=1S/C11H17N3OS/c1-8-7-13-10(16-8)14-9(15)6-11(12)4-2-3-5-11/h7H,2-6,12H2,1H3,(H,13,14,15). The third-order valence-electron chi connectivity index (χ3n) is 2.98. The number of carbonyl (C=O) groups excluding carboxylic acids is 1. The van der Waals surface area contributed by atoms with Crippen LogP contribution in [0.4, 0.5) is 5.13 Å². The van der Waals surface area contributed by atoms with Crippen molar-refractivity contribution in [1.82, 2.24) is 4.98 Å². The Labute approximate surface area is 99.3 Å². The molecule has 0 bridgehead atoms. The van der Waals surface area contributed by atoms with Crippen LogP contribution in [0.5, 0.6) is 0 Å². The Kier molecular flexibility index (Phi) is 3.25. The van der Waals surface area contributed by atoms with E-state index in [0.29, 0.717) is 11.6 Å². The van der Waals surface area contributed by atoms with Crippen LogP contribution in [0.2, 0.25) is 0 Å². The molecule has 1 amide bonds. The fourth-order valence-electron chi connectivity index (χ4n) is 2.15. The van der Waals surface area contributed by atoms with E-state index < -0.39 is 0 Å². The number of amides is 1. The van der Waals surface area contributed by atoms with Gasteiger partial charge in [-0.05, 0) is 19.8 Å². The molecule has 1 aliphatic rings. The first-order valence-corrected chi connectivity index (χ1v) is 6.40. The first-order valence-electron chi connectivity index (χ1n) is 5.59. The molecule has 88 valence electrons. The van der Waals surface area contributed by atoms with E-state index >= 15 is 0 Å². The second-order valence-corrected chi connectivity index (χ2v) is 5.81. The molecule has 1 saturated carbocycles.